The Labute approximate surface area is 124 Å². The molecule has 8 heteroatoms. The number of phenols is 1. The molecular weight excluding hydrogens is 294 g/mol. The minimum Gasteiger partial charge on any atom is -0.508 e. The molecular formula is C13H10ClN5O2. The van der Waals surface area contributed by atoms with E-state index in [0.29, 0.717) is 17.0 Å². The molecule has 0 saturated heterocycles. The summed E-state index contributed by atoms with van der Waals surface area (Å²) in [4.78, 5) is 19.9. The second kappa shape index (κ2) is 4.71. The van der Waals surface area contributed by atoms with Gasteiger partial charge >= 0.3 is 0 Å². The van der Waals surface area contributed by atoms with Gasteiger partial charge in [-0.05, 0) is 42.8 Å². The van der Waals surface area contributed by atoms with Crippen LogP contribution in [0.1, 0.15) is 16.1 Å². The molecule has 0 radical (unpaired) electrons. The van der Waals surface area contributed by atoms with Crippen molar-refractivity contribution in [3.8, 4) is 17.0 Å². The molecule has 7 nitrogen and oxygen atoms in total. The second-order valence-electron chi connectivity index (χ2n) is 4.42. The third-order valence-corrected chi connectivity index (χ3v) is 3.19. The molecule has 0 spiro atoms. The molecule has 2 heterocycles. The highest BCUT2D eigenvalue weighted by molar-refractivity contribution is 6.28. The van der Waals surface area contributed by atoms with E-state index in [1.165, 1.54) is 16.6 Å². The number of benzene rings is 1. The molecule has 0 aliphatic heterocycles. The van der Waals surface area contributed by atoms with Crippen LogP contribution in [0.4, 0.5) is 0 Å². The van der Waals surface area contributed by atoms with Gasteiger partial charge in [0.05, 0.1) is 17.0 Å². The Kier molecular flexibility index (Phi) is 2.99. The predicted molar refractivity (Wildman–Crippen MR) is 76.1 cm³/mol. The lowest BCUT2D eigenvalue weighted by Crippen LogP contribution is -2.18. The van der Waals surface area contributed by atoms with Gasteiger partial charge in [0.2, 0.25) is 5.28 Å². The molecule has 0 aliphatic rings. The quantitative estimate of drug-likeness (QED) is 0.747. The van der Waals surface area contributed by atoms with Crippen LogP contribution in [0, 0.1) is 6.92 Å². The summed E-state index contributed by atoms with van der Waals surface area (Å²) >= 11 is 5.81. The first kappa shape index (κ1) is 13.3. The van der Waals surface area contributed by atoms with Gasteiger partial charge in [-0.15, -0.1) is 5.10 Å². The van der Waals surface area contributed by atoms with Crippen molar-refractivity contribution in [3.63, 3.8) is 0 Å². The Morgan fingerprint density at radius 3 is 2.57 bits per heavy atom. The highest BCUT2D eigenvalue weighted by Crippen LogP contribution is 2.27. The van der Waals surface area contributed by atoms with Gasteiger partial charge in [-0.2, -0.15) is 9.50 Å². The Morgan fingerprint density at radius 2 is 1.95 bits per heavy atom. The summed E-state index contributed by atoms with van der Waals surface area (Å²) in [7, 11) is 0. The van der Waals surface area contributed by atoms with Crippen molar-refractivity contribution < 1.29 is 9.90 Å². The highest BCUT2D eigenvalue weighted by atomic mass is 35.5. The molecule has 3 N–H and O–H groups in total. The number of amides is 1. The number of nitrogens with two attached hydrogens (primary N) is 1. The molecule has 0 atom stereocenters. The van der Waals surface area contributed by atoms with E-state index in [9.17, 15) is 9.90 Å². The number of phenolic OH excluding ortho intramolecular Hbond substituents is 1. The van der Waals surface area contributed by atoms with Gasteiger partial charge in [0.1, 0.15) is 5.75 Å². The molecule has 106 valence electrons. The molecule has 3 rings (SSSR count). The Hall–Kier alpha value is -2.67. The number of hydrogen-bond acceptors (Lipinski definition) is 5. The zero-order valence-electron chi connectivity index (χ0n) is 10.9. The summed E-state index contributed by atoms with van der Waals surface area (Å²) in [6, 6.07) is 6.29. The summed E-state index contributed by atoms with van der Waals surface area (Å²) in [5, 5.41) is 13.4. The number of fused-ring (bicyclic) bond motifs is 1. The first-order chi connectivity index (χ1) is 9.97. The van der Waals surface area contributed by atoms with Crippen LogP contribution in [-0.4, -0.2) is 30.6 Å². The third kappa shape index (κ3) is 2.17. The van der Waals surface area contributed by atoms with Crippen LogP contribution in [0.25, 0.3) is 17.0 Å². The molecule has 2 aromatic heterocycles. The molecule has 0 bridgehead atoms. The van der Waals surface area contributed by atoms with Crippen LogP contribution in [0.3, 0.4) is 0 Å². The van der Waals surface area contributed by atoms with Crippen molar-refractivity contribution >= 4 is 23.3 Å². The smallest absolute Gasteiger partial charge is 0.254 e. The van der Waals surface area contributed by atoms with Gasteiger partial charge in [-0.1, -0.05) is 0 Å². The molecule has 0 saturated carbocycles. The average molecular weight is 304 g/mol. The lowest BCUT2D eigenvalue weighted by molar-refractivity contribution is 0.0999. The minimum absolute atomic E-state index is 0.0172. The van der Waals surface area contributed by atoms with Crippen LogP contribution in [0.2, 0.25) is 5.28 Å². The van der Waals surface area contributed by atoms with E-state index < -0.39 is 5.91 Å². The maximum atomic E-state index is 11.8. The predicted octanol–water partition coefficient (Wildman–Crippen LogP) is 1.56. The normalized spacial score (nSPS) is 11.0. The topological polar surface area (TPSA) is 106 Å². The maximum absolute atomic E-state index is 11.8. The zero-order chi connectivity index (χ0) is 15.1. The number of aromatic hydroxyl groups is 1. The van der Waals surface area contributed by atoms with Crippen molar-refractivity contribution in [1.82, 2.24) is 19.6 Å². The van der Waals surface area contributed by atoms with Gasteiger partial charge in [0.15, 0.2) is 0 Å². The fourth-order valence-corrected chi connectivity index (χ4v) is 2.32. The Morgan fingerprint density at radius 1 is 1.29 bits per heavy atom. The van der Waals surface area contributed by atoms with E-state index >= 15 is 0 Å². The van der Waals surface area contributed by atoms with E-state index in [0.717, 1.165) is 0 Å². The SMILES string of the molecule is Cc1nc2nc(Cl)nn2c(-c2ccc(O)cc2)c1C(N)=O. The monoisotopic (exact) mass is 303 g/mol. The van der Waals surface area contributed by atoms with Gasteiger partial charge in [-0.25, -0.2) is 4.98 Å². The number of aromatic nitrogens is 4. The van der Waals surface area contributed by atoms with Crippen molar-refractivity contribution in [2.75, 3.05) is 0 Å². The number of halogens is 1. The molecule has 3 aromatic rings. The summed E-state index contributed by atoms with van der Waals surface area (Å²) in [5.74, 6) is -0.250. The summed E-state index contributed by atoms with van der Waals surface area (Å²) < 4.78 is 1.36. The van der Waals surface area contributed by atoms with Crippen LogP contribution in [-0.2, 0) is 0 Å². The fraction of sp³-hybridized carbons (Fsp3) is 0.0769. The van der Waals surface area contributed by atoms with Gasteiger partial charge in [0, 0.05) is 5.56 Å². The average Bonchev–Trinajstić information content (AvgIpc) is 2.77. The molecule has 21 heavy (non-hydrogen) atoms. The largest absolute Gasteiger partial charge is 0.508 e. The van der Waals surface area contributed by atoms with E-state index in [1.54, 1.807) is 19.1 Å². The van der Waals surface area contributed by atoms with Gasteiger partial charge in [-0.3, -0.25) is 4.79 Å². The summed E-state index contributed by atoms with van der Waals surface area (Å²) in [6.07, 6.45) is 0. The third-order valence-electron chi connectivity index (χ3n) is 3.03. The maximum Gasteiger partial charge on any atom is 0.254 e. The van der Waals surface area contributed by atoms with E-state index in [2.05, 4.69) is 15.1 Å². The van der Waals surface area contributed by atoms with Gasteiger partial charge < -0.3 is 10.8 Å². The van der Waals surface area contributed by atoms with Crippen LogP contribution < -0.4 is 5.73 Å². The summed E-state index contributed by atoms with van der Waals surface area (Å²) in [5.41, 5.74) is 7.19. The molecule has 0 unspecified atom stereocenters. The number of nitrogens with zero attached hydrogens (tertiary/aromatic N) is 4. The lowest BCUT2D eigenvalue weighted by Gasteiger charge is -2.11. The standard InChI is InChI=1S/C13H10ClN5O2/c1-6-9(11(15)21)10(7-2-4-8(20)5-3-7)19-13(16-6)17-12(14)18-19/h2-5,20H,1H3,(H2,15,21). The number of carbonyl (C=O) groups excluding carboxylic acids is 1. The number of hydrogen-bond donors (Lipinski definition) is 2. The Balaban J connectivity index is 2.44. The molecule has 1 aromatic carbocycles. The molecule has 0 fully saturated rings. The van der Waals surface area contributed by atoms with Crippen LogP contribution >= 0.6 is 11.6 Å². The molecule has 1 amide bonds. The lowest BCUT2D eigenvalue weighted by atomic mass is 10.0. The minimum atomic E-state index is -0.628. The van der Waals surface area contributed by atoms with Gasteiger partial charge in [0.25, 0.3) is 11.7 Å². The number of primary amides is 1. The van der Waals surface area contributed by atoms with E-state index in [4.69, 9.17) is 17.3 Å². The number of carbonyl (C=O) groups is 1. The fourth-order valence-electron chi connectivity index (χ4n) is 2.17. The van der Waals surface area contributed by atoms with E-state index in [-0.39, 0.29) is 22.4 Å². The van der Waals surface area contributed by atoms with Crippen LogP contribution in [0.5, 0.6) is 5.75 Å². The second-order valence-corrected chi connectivity index (χ2v) is 4.76. The number of rotatable bonds is 2. The van der Waals surface area contributed by atoms with E-state index in [1.807, 2.05) is 0 Å². The van der Waals surface area contributed by atoms with Crippen molar-refractivity contribution in [1.29, 1.82) is 0 Å². The Bertz CT molecular complexity index is 857. The first-order valence-corrected chi connectivity index (χ1v) is 6.37. The molecule has 0 aliphatic carbocycles. The summed E-state index contributed by atoms with van der Waals surface area (Å²) in [6.45, 7) is 1.66. The van der Waals surface area contributed by atoms with Crippen LogP contribution in [0.15, 0.2) is 24.3 Å². The highest BCUT2D eigenvalue weighted by Gasteiger charge is 2.20. The first-order valence-electron chi connectivity index (χ1n) is 5.99. The van der Waals surface area contributed by atoms with Crippen molar-refractivity contribution in [2.24, 2.45) is 5.73 Å². The van der Waals surface area contributed by atoms with Crippen molar-refractivity contribution in [3.05, 3.63) is 40.8 Å². The number of aryl methyl sites for hydroxylation is 1. The van der Waals surface area contributed by atoms with Crippen molar-refractivity contribution in [2.45, 2.75) is 6.92 Å². The zero-order valence-corrected chi connectivity index (χ0v) is 11.7.